The molecule has 0 fully saturated rings. The molecule has 0 saturated heterocycles. The van der Waals surface area contributed by atoms with Gasteiger partial charge < -0.3 is 14.8 Å². The number of benzene rings is 1. The number of anilines is 1. The van der Waals surface area contributed by atoms with Crippen molar-refractivity contribution in [2.24, 2.45) is 0 Å². The summed E-state index contributed by atoms with van der Waals surface area (Å²) in [4.78, 5) is 12.2. The van der Waals surface area contributed by atoms with E-state index < -0.39 is 0 Å². The van der Waals surface area contributed by atoms with Crippen LogP contribution >= 0.6 is 0 Å². The molecule has 2 rings (SSSR count). The number of rotatable bonds is 2. The summed E-state index contributed by atoms with van der Waals surface area (Å²) in [5.41, 5.74) is 2.68. The highest BCUT2D eigenvalue weighted by atomic mass is 16.3. The predicted octanol–water partition coefficient (Wildman–Crippen LogP) is 3.47. The highest BCUT2D eigenvalue weighted by Crippen LogP contribution is 2.26. The summed E-state index contributed by atoms with van der Waals surface area (Å²) < 4.78 is 5.43. The fourth-order valence-corrected chi connectivity index (χ4v) is 2.06. The van der Waals surface area contributed by atoms with Crippen LogP contribution in [-0.2, 0) is 0 Å². The van der Waals surface area contributed by atoms with Crippen molar-refractivity contribution in [2.45, 2.75) is 27.7 Å². The second-order valence-electron chi connectivity index (χ2n) is 4.69. The third-order valence-corrected chi connectivity index (χ3v) is 3.19. The van der Waals surface area contributed by atoms with E-state index in [1.54, 1.807) is 19.1 Å². The van der Waals surface area contributed by atoms with Crippen molar-refractivity contribution >= 4 is 11.6 Å². The van der Waals surface area contributed by atoms with Gasteiger partial charge in [-0.15, -0.1) is 0 Å². The van der Waals surface area contributed by atoms with Gasteiger partial charge in [0, 0.05) is 5.56 Å². The van der Waals surface area contributed by atoms with Gasteiger partial charge in [-0.25, -0.2) is 0 Å². The summed E-state index contributed by atoms with van der Waals surface area (Å²) in [6.07, 6.45) is 0. The van der Waals surface area contributed by atoms with Gasteiger partial charge >= 0.3 is 0 Å². The number of furan rings is 1. The Morgan fingerprint density at radius 2 is 1.84 bits per heavy atom. The van der Waals surface area contributed by atoms with Crippen molar-refractivity contribution in [1.29, 1.82) is 0 Å². The van der Waals surface area contributed by atoms with Crippen LogP contribution in [0.5, 0.6) is 5.75 Å². The van der Waals surface area contributed by atoms with Gasteiger partial charge in [0.1, 0.15) is 17.3 Å². The first-order valence-corrected chi connectivity index (χ1v) is 6.07. The number of hydrogen-bond acceptors (Lipinski definition) is 3. The van der Waals surface area contributed by atoms with Gasteiger partial charge in [0.05, 0.1) is 11.3 Å². The number of carbonyl (C=O) groups excluding carboxylic acids is 1. The van der Waals surface area contributed by atoms with Gasteiger partial charge in [-0.1, -0.05) is 6.07 Å². The number of aromatic hydroxyl groups is 1. The van der Waals surface area contributed by atoms with Crippen molar-refractivity contribution in [3.63, 3.8) is 0 Å². The molecule has 0 saturated carbocycles. The zero-order valence-corrected chi connectivity index (χ0v) is 11.5. The standard InChI is InChI=1S/C15H17NO3/c1-8-5-6-12(13(17)7-8)16-15(18)14-9(2)10(3)19-11(14)4/h5-7,17H,1-4H3,(H,16,18). The van der Waals surface area contributed by atoms with Crippen LogP contribution in [0, 0.1) is 27.7 Å². The summed E-state index contributed by atoms with van der Waals surface area (Å²) in [6, 6.07) is 5.12. The Morgan fingerprint density at radius 1 is 1.16 bits per heavy atom. The van der Waals surface area contributed by atoms with E-state index in [0.717, 1.165) is 16.9 Å². The Hall–Kier alpha value is -2.23. The van der Waals surface area contributed by atoms with Crippen LogP contribution < -0.4 is 5.32 Å². The molecular weight excluding hydrogens is 242 g/mol. The molecule has 0 aliphatic rings. The van der Waals surface area contributed by atoms with Crippen molar-refractivity contribution in [1.82, 2.24) is 0 Å². The van der Waals surface area contributed by atoms with Gasteiger partial charge in [0.2, 0.25) is 0 Å². The summed E-state index contributed by atoms with van der Waals surface area (Å²) in [6.45, 7) is 7.29. The van der Waals surface area contributed by atoms with Crippen LogP contribution in [0.25, 0.3) is 0 Å². The Bertz CT molecular complexity index is 641. The van der Waals surface area contributed by atoms with Gasteiger partial charge in [-0.05, 0) is 45.4 Å². The van der Waals surface area contributed by atoms with Gasteiger partial charge in [-0.3, -0.25) is 4.79 Å². The number of nitrogens with one attached hydrogen (secondary N) is 1. The molecule has 0 radical (unpaired) electrons. The molecule has 2 N–H and O–H groups in total. The van der Waals surface area contributed by atoms with Crippen molar-refractivity contribution in [3.8, 4) is 5.75 Å². The van der Waals surface area contributed by atoms with Gasteiger partial charge in [0.15, 0.2) is 0 Å². The van der Waals surface area contributed by atoms with Crippen molar-refractivity contribution in [2.75, 3.05) is 5.32 Å². The minimum absolute atomic E-state index is 0.0591. The average molecular weight is 259 g/mol. The van der Waals surface area contributed by atoms with Crippen LogP contribution in [0.15, 0.2) is 22.6 Å². The maximum Gasteiger partial charge on any atom is 0.259 e. The molecule has 4 nitrogen and oxygen atoms in total. The van der Waals surface area contributed by atoms with E-state index in [9.17, 15) is 9.90 Å². The van der Waals surface area contributed by atoms with E-state index in [0.29, 0.717) is 17.0 Å². The number of carbonyl (C=O) groups is 1. The van der Waals surface area contributed by atoms with Gasteiger partial charge in [0.25, 0.3) is 5.91 Å². The summed E-state index contributed by atoms with van der Waals surface area (Å²) in [5.74, 6) is 1.10. The lowest BCUT2D eigenvalue weighted by atomic mass is 10.1. The van der Waals surface area contributed by atoms with Crippen LogP contribution in [-0.4, -0.2) is 11.0 Å². The monoisotopic (exact) mass is 259 g/mol. The smallest absolute Gasteiger partial charge is 0.259 e. The van der Waals surface area contributed by atoms with Crippen molar-refractivity contribution in [3.05, 3.63) is 46.4 Å². The molecule has 0 unspecified atom stereocenters. The minimum atomic E-state index is -0.272. The molecule has 100 valence electrons. The first kappa shape index (κ1) is 13.2. The Balaban J connectivity index is 2.31. The second-order valence-corrected chi connectivity index (χ2v) is 4.69. The molecule has 0 atom stereocenters. The highest BCUT2D eigenvalue weighted by Gasteiger charge is 2.19. The predicted molar refractivity (Wildman–Crippen MR) is 73.7 cm³/mol. The van der Waals surface area contributed by atoms with Gasteiger partial charge in [-0.2, -0.15) is 0 Å². The molecule has 4 heteroatoms. The molecule has 19 heavy (non-hydrogen) atoms. The van der Waals surface area contributed by atoms with E-state index in [-0.39, 0.29) is 11.7 Å². The Labute approximate surface area is 112 Å². The average Bonchev–Trinajstić information content (AvgIpc) is 2.57. The maximum atomic E-state index is 12.2. The van der Waals surface area contributed by atoms with E-state index in [4.69, 9.17) is 4.42 Å². The molecule has 0 bridgehead atoms. The molecule has 0 spiro atoms. The fraction of sp³-hybridized carbons (Fsp3) is 0.267. The molecule has 1 aromatic carbocycles. The molecule has 0 aliphatic carbocycles. The van der Waals surface area contributed by atoms with E-state index in [1.807, 2.05) is 26.8 Å². The molecule has 1 amide bonds. The molecule has 1 aromatic heterocycles. The van der Waals surface area contributed by atoms with E-state index >= 15 is 0 Å². The minimum Gasteiger partial charge on any atom is -0.506 e. The van der Waals surface area contributed by atoms with Crippen molar-refractivity contribution < 1.29 is 14.3 Å². The quantitative estimate of drug-likeness (QED) is 0.812. The number of aryl methyl sites for hydroxylation is 3. The first-order valence-electron chi connectivity index (χ1n) is 6.07. The number of phenolic OH excluding ortho intramolecular Hbond substituents is 1. The zero-order chi connectivity index (χ0) is 14.2. The lowest BCUT2D eigenvalue weighted by Crippen LogP contribution is -2.13. The first-order chi connectivity index (χ1) is 8.90. The molecular formula is C15H17NO3. The number of phenols is 1. The number of hydrogen-bond donors (Lipinski definition) is 2. The highest BCUT2D eigenvalue weighted by molar-refractivity contribution is 6.06. The van der Waals surface area contributed by atoms with Crippen LogP contribution in [0.4, 0.5) is 5.69 Å². The van der Waals surface area contributed by atoms with Crippen LogP contribution in [0.2, 0.25) is 0 Å². The summed E-state index contributed by atoms with van der Waals surface area (Å²) in [5, 5.41) is 12.5. The van der Waals surface area contributed by atoms with Crippen LogP contribution in [0.1, 0.15) is 33.0 Å². The molecule has 2 aromatic rings. The molecule has 1 heterocycles. The largest absolute Gasteiger partial charge is 0.506 e. The number of amides is 1. The zero-order valence-electron chi connectivity index (χ0n) is 11.5. The van der Waals surface area contributed by atoms with E-state index in [2.05, 4.69) is 5.32 Å². The SMILES string of the molecule is Cc1ccc(NC(=O)c2c(C)oc(C)c2C)c(O)c1. The summed E-state index contributed by atoms with van der Waals surface area (Å²) in [7, 11) is 0. The normalized spacial score (nSPS) is 10.5. The third-order valence-electron chi connectivity index (χ3n) is 3.19. The summed E-state index contributed by atoms with van der Waals surface area (Å²) >= 11 is 0. The second kappa shape index (κ2) is 4.80. The van der Waals surface area contributed by atoms with E-state index in [1.165, 1.54) is 0 Å². The lowest BCUT2D eigenvalue weighted by molar-refractivity contribution is 0.102. The Kier molecular flexibility index (Phi) is 3.34. The maximum absolute atomic E-state index is 12.2. The third kappa shape index (κ3) is 2.47. The topological polar surface area (TPSA) is 62.5 Å². The lowest BCUT2D eigenvalue weighted by Gasteiger charge is -2.08. The fourth-order valence-electron chi connectivity index (χ4n) is 2.06. The molecule has 0 aliphatic heterocycles. The Morgan fingerprint density at radius 3 is 2.37 bits per heavy atom. The van der Waals surface area contributed by atoms with Crippen LogP contribution in [0.3, 0.4) is 0 Å².